The van der Waals surface area contributed by atoms with E-state index < -0.39 is 0 Å². The number of rotatable bonds is 7. The van der Waals surface area contributed by atoms with Crippen molar-refractivity contribution >= 4 is 11.5 Å². The van der Waals surface area contributed by atoms with Crippen LogP contribution in [-0.2, 0) is 0 Å². The molecule has 0 unspecified atom stereocenters. The number of carbonyl (C=O) groups excluding carboxylic acids is 1. The van der Waals surface area contributed by atoms with Crippen LogP contribution in [-0.4, -0.2) is 17.0 Å². The van der Waals surface area contributed by atoms with Crippen molar-refractivity contribution in [3.8, 4) is 0 Å². The summed E-state index contributed by atoms with van der Waals surface area (Å²) in [7, 11) is 0. The number of hydrogen-bond donors (Lipinski definition) is 1. The predicted octanol–water partition coefficient (Wildman–Crippen LogP) is 5.14. The van der Waals surface area contributed by atoms with E-state index in [0.717, 1.165) is 17.7 Å². The standard InChI is InChI=1S/C23H28N2O/c1-5-8-19(21-10-7-6-9-16(21)2)13-14-24-23(26)22-15-17(3)25(18(22)4)20-11-12-20/h5-10,15,20H,1,11-14H2,2-4H3,(H,24,26)/b19-8-. The minimum absolute atomic E-state index is 0.0211. The molecule has 26 heavy (non-hydrogen) atoms. The largest absolute Gasteiger partial charge is 0.352 e. The van der Waals surface area contributed by atoms with Gasteiger partial charge in [-0.1, -0.05) is 43.0 Å². The molecule has 0 radical (unpaired) electrons. The van der Waals surface area contributed by atoms with Crippen LogP contribution in [0.3, 0.4) is 0 Å². The Kier molecular flexibility index (Phi) is 5.46. The zero-order valence-corrected chi connectivity index (χ0v) is 16.0. The first-order chi connectivity index (χ1) is 12.5. The number of nitrogens with one attached hydrogen (secondary N) is 1. The molecule has 1 N–H and O–H groups in total. The van der Waals surface area contributed by atoms with Gasteiger partial charge in [-0.25, -0.2) is 0 Å². The van der Waals surface area contributed by atoms with Crippen LogP contribution < -0.4 is 5.32 Å². The van der Waals surface area contributed by atoms with E-state index in [1.165, 1.54) is 35.2 Å². The Morgan fingerprint density at radius 3 is 2.62 bits per heavy atom. The summed E-state index contributed by atoms with van der Waals surface area (Å²) in [4.78, 5) is 12.7. The molecule has 1 fully saturated rings. The van der Waals surface area contributed by atoms with Crippen molar-refractivity contribution in [3.05, 3.63) is 77.1 Å². The summed E-state index contributed by atoms with van der Waals surface area (Å²) in [6.07, 6.45) is 7.08. The lowest BCUT2D eigenvalue weighted by molar-refractivity contribution is 0.0954. The number of benzene rings is 1. The molecule has 136 valence electrons. The van der Waals surface area contributed by atoms with Crippen LogP contribution in [0.2, 0.25) is 0 Å². The van der Waals surface area contributed by atoms with Gasteiger partial charge in [0.2, 0.25) is 0 Å². The molecule has 2 aromatic rings. The molecule has 3 rings (SSSR count). The average molecular weight is 348 g/mol. The lowest BCUT2D eigenvalue weighted by Gasteiger charge is -2.12. The van der Waals surface area contributed by atoms with Gasteiger partial charge in [0.1, 0.15) is 0 Å². The fourth-order valence-electron chi connectivity index (χ4n) is 3.69. The third-order valence-electron chi connectivity index (χ3n) is 5.13. The van der Waals surface area contributed by atoms with E-state index in [1.807, 2.05) is 30.4 Å². The fourth-order valence-corrected chi connectivity index (χ4v) is 3.69. The van der Waals surface area contributed by atoms with E-state index in [4.69, 9.17) is 0 Å². The summed E-state index contributed by atoms with van der Waals surface area (Å²) in [6, 6.07) is 10.9. The Balaban J connectivity index is 1.66. The molecule has 1 amide bonds. The molecule has 0 bridgehead atoms. The van der Waals surface area contributed by atoms with Gasteiger partial charge in [-0.05, 0) is 62.8 Å². The van der Waals surface area contributed by atoms with Crippen molar-refractivity contribution < 1.29 is 4.79 Å². The predicted molar refractivity (Wildman–Crippen MR) is 108 cm³/mol. The second kappa shape index (κ2) is 7.77. The molecule has 0 atom stereocenters. The maximum atomic E-state index is 12.7. The summed E-state index contributed by atoms with van der Waals surface area (Å²) in [5.41, 5.74) is 6.72. The van der Waals surface area contributed by atoms with Gasteiger partial charge >= 0.3 is 0 Å². The van der Waals surface area contributed by atoms with Gasteiger partial charge in [0.15, 0.2) is 0 Å². The van der Waals surface area contributed by atoms with E-state index in [1.54, 1.807) is 0 Å². The highest BCUT2D eigenvalue weighted by Crippen LogP contribution is 2.38. The molecular weight excluding hydrogens is 320 g/mol. The first-order valence-corrected chi connectivity index (χ1v) is 9.37. The lowest BCUT2D eigenvalue weighted by Crippen LogP contribution is -2.25. The molecule has 1 aliphatic carbocycles. The molecule has 1 aromatic heterocycles. The molecule has 1 aliphatic rings. The summed E-state index contributed by atoms with van der Waals surface area (Å²) >= 11 is 0. The number of amides is 1. The normalized spacial score (nSPS) is 14.3. The van der Waals surface area contributed by atoms with Gasteiger partial charge in [-0.2, -0.15) is 0 Å². The van der Waals surface area contributed by atoms with Gasteiger partial charge in [-0.3, -0.25) is 4.79 Å². The van der Waals surface area contributed by atoms with Gasteiger partial charge in [-0.15, -0.1) is 0 Å². The Morgan fingerprint density at radius 2 is 1.96 bits per heavy atom. The Bertz CT molecular complexity index is 853. The number of aryl methyl sites for hydroxylation is 2. The molecule has 3 heteroatoms. The SMILES string of the molecule is C=C/C=C(/CCNC(=O)c1cc(C)n(C2CC2)c1C)c1ccccc1C. The van der Waals surface area contributed by atoms with Crippen molar-refractivity contribution in [2.24, 2.45) is 0 Å². The second-order valence-corrected chi connectivity index (χ2v) is 7.13. The van der Waals surface area contributed by atoms with Gasteiger partial charge in [0, 0.05) is 24.0 Å². The average Bonchev–Trinajstić information content (AvgIpc) is 3.39. The number of allylic oxidation sites excluding steroid dienone is 2. The van der Waals surface area contributed by atoms with Crippen molar-refractivity contribution in [1.29, 1.82) is 0 Å². The molecule has 0 aliphatic heterocycles. The zero-order chi connectivity index (χ0) is 18.7. The molecule has 3 nitrogen and oxygen atoms in total. The number of hydrogen-bond acceptors (Lipinski definition) is 1. The first kappa shape index (κ1) is 18.2. The van der Waals surface area contributed by atoms with Crippen molar-refractivity contribution in [2.45, 2.75) is 46.1 Å². The Morgan fingerprint density at radius 1 is 1.23 bits per heavy atom. The van der Waals surface area contributed by atoms with Gasteiger partial charge < -0.3 is 9.88 Å². The molecule has 0 spiro atoms. The molecule has 0 saturated heterocycles. The van der Waals surface area contributed by atoms with Crippen LogP contribution in [0.1, 0.15) is 58.2 Å². The van der Waals surface area contributed by atoms with E-state index in [-0.39, 0.29) is 5.91 Å². The minimum Gasteiger partial charge on any atom is -0.352 e. The molecular formula is C23H28N2O. The maximum absolute atomic E-state index is 12.7. The summed E-state index contributed by atoms with van der Waals surface area (Å²) in [5, 5.41) is 3.09. The third-order valence-corrected chi connectivity index (χ3v) is 5.13. The van der Waals surface area contributed by atoms with E-state index >= 15 is 0 Å². The highest BCUT2D eigenvalue weighted by atomic mass is 16.1. The van der Waals surface area contributed by atoms with Crippen LogP contribution in [0.15, 0.2) is 49.1 Å². The number of nitrogens with zero attached hydrogens (tertiary/aromatic N) is 1. The monoisotopic (exact) mass is 348 g/mol. The molecule has 1 heterocycles. The van der Waals surface area contributed by atoms with Gasteiger partial charge in [0.25, 0.3) is 5.91 Å². The minimum atomic E-state index is 0.0211. The van der Waals surface area contributed by atoms with Gasteiger partial charge in [0.05, 0.1) is 5.56 Å². The highest BCUT2D eigenvalue weighted by molar-refractivity contribution is 5.95. The molecule has 1 saturated carbocycles. The summed E-state index contributed by atoms with van der Waals surface area (Å²) in [6.45, 7) is 10.7. The smallest absolute Gasteiger partial charge is 0.253 e. The zero-order valence-electron chi connectivity index (χ0n) is 16.0. The topological polar surface area (TPSA) is 34.0 Å². The second-order valence-electron chi connectivity index (χ2n) is 7.13. The van der Waals surface area contributed by atoms with Crippen LogP contribution in [0.5, 0.6) is 0 Å². The quantitative estimate of drug-likeness (QED) is 0.691. The third kappa shape index (κ3) is 3.82. The summed E-state index contributed by atoms with van der Waals surface area (Å²) in [5.74, 6) is 0.0211. The maximum Gasteiger partial charge on any atom is 0.253 e. The van der Waals surface area contributed by atoms with E-state index in [9.17, 15) is 4.79 Å². The Hall–Kier alpha value is -2.55. The van der Waals surface area contributed by atoms with Crippen molar-refractivity contribution in [2.75, 3.05) is 6.54 Å². The molecule has 1 aromatic carbocycles. The van der Waals surface area contributed by atoms with Crippen LogP contribution in [0, 0.1) is 20.8 Å². The first-order valence-electron chi connectivity index (χ1n) is 9.37. The summed E-state index contributed by atoms with van der Waals surface area (Å²) < 4.78 is 2.31. The Labute approximate surface area is 156 Å². The van der Waals surface area contributed by atoms with Crippen LogP contribution in [0.25, 0.3) is 5.57 Å². The van der Waals surface area contributed by atoms with Crippen molar-refractivity contribution in [3.63, 3.8) is 0 Å². The fraction of sp³-hybridized carbons (Fsp3) is 0.348. The lowest BCUT2D eigenvalue weighted by atomic mass is 9.97. The van der Waals surface area contributed by atoms with Crippen LogP contribution >= 0.6 is 0 Å². The van der Waals surface area contributed by atoms with Crippen LogP contribution in [0.4, 0.5) is 0 Å². The number of carbonyl (C=O) groups is 1. The number of aromatic nitrogens is 1. The van der Waals surface area contributed by atoms with Crippen molar-refractivity contribution in [1.82, 2.24) is 9.88 Å². The van der Waals surface area contributed by atoms with E-state index in [0.29, 0.717) is 12.6 Å². The highest BCUT2D eigenvalue weighted by Gasteiger charge is 2.28. The van der Waals surface area contributed by atoms with E-state index in [2.05, 4.69) is 49.4 Å².